The molecule has 0 amide bonds. The van der Waals surface area contributed by atoms with Crippen molar-refractivity contribution in [3.05, 3.63) is 50.7 Å². The van der Waals surface area contributed by atoms with Gasteiger partial charge in [-0.2, -0.15) is 4.98 Å². The highest BCUT2D eigenvalue weighted by Gasteiger charge is 2.19. The minimum absolute atomic E-state index is 0.00987. The molecule has 1 aromatic carbocycles. The van der Waals surface area contributed by atoms with Gasteiger partial charge < -0.3 is 24.8 Å². The highest BCUT2D eigenvalue weighted by molar-refractivity contribution is 5.74. The predicted octanol–water partition coefficient (Wildman–Crippen LogP) is -0.170. The van der Waals surface area contributed by atoms with E-state index >= 15 is 0 Å². The van der Waals surface area contributed by atoms with E-state index in [1.165, 1.54) is 16.2 Å². The Morgan fingerprint density at radius 2 is 2.14 bits per heavy atom. The first kappa shape index (κ1) is 20.6. The second kappa shape index (κ2) is 8.93. The van der Waals surface area contributed by atoms with Crippen molar-refractivity contribution in [2.45, 2.75) is 26.0 Å². The van der Waals surface area contributed by atoms with Gasteiger partial charge in [-0.05, 0) is 24.1 Å². The van der Waals surface area contributed by atoms with Crippen molar-refractivity contribution in [1.82, 2.24) is 19.1 Å². The molecule has 29 heavy (non-hydrogen) atoms. The Hall–Kier alpha value is -3.11. The van der Waals surface area contributed by atoms with Gasteiger partial charge in [0.15, 0.2) is 11.2 Å². The van der Waals surface area contributed by atoms with Gasteiger partial charge in [0, 0.05) is 13.6 Å². The van der Waals surface area contributed by atoms with Crippen LogP contribution in [0.3, 0.4) is 0 Å². The van der Waals surface area contributed by atoms with Gasteiger partial charge in [-0.3, -0.25) is 14.3 Å². The fourth-order valence-corrected chi connectivity index (χ4v) is 3.03. The first-order valence-corrected chi connectivity index (χ1v) is 9.38. The van der Waals surface area contributed by atoms with Crippen LogP contribution in [0.1, 0.15) is 12.5 Å². The SMILES string of the molecule is CCc1cccc(OC[C@H](O)Cn2c(NCCO)nc3c2c(=O)[nH]c(=O)n3C)c1. The number of fused-ring (bicyclic) bond motifs is 1. The predicted molar refractivity (Wildman–Crippen MR) is 108 cm³/mol. The highest BCUT2D eigenvalue weighted by atomic mass is 16.5. The molecule has 156 valence electrons. The topological polar surface area (TPSA) is 134 Å². The van der Waals surface area contributed by atoms with Crippen LogP contribution in [0.25, 0.3) is 11.2 Å². The third-order valence-electron chi connectivity index (χ3n) is 4.54. The van der Waals surface area contributed by atoms with Gasteiger partial charge in [0.2, 0.25) is 5.95 Å². The number of aliphatic hydroxyl groups is 2. The minimum atomic E-state index is -0.941. The summed E-state index contributed by atoms with van der Waals surface area (Å²) in [5, 5.41) is 22.5. The first-order valence-electron chi connectivity index (χ1n) is 9.38. The Morgan fingerprint density at radius 1 is 1.34 bits per heavy atom. The van der Waals surface area contributed by atoms with E-state index in [-0.39, 0.29) is 43.4 Å². The molecule has 0 saturated carbocycles. The summed E-state index contributed by atoms with van der Waals surface area (Å²) in [7, 11) is 1.49. The Morgan fingerprint density at radius 3 is 2.86 bits per heavy atom. The summed E-state index contributed by atoms with van der Waals surface area (Å²) in [5.74, 6) is 0.922. The molecule has 1 atom stereocenters. The summed E-state index contributed by atoms with van der Waals surface area (Å²) < 4.78 is 8.38. The Balaban J connectivity index is 1.86. The van der Waals surface area contributed by atoms with Gasteiger partial charge in [-0.15, -0.1) is 0 Å². The molecule has 3 rings (SSSR count). The Labute approximate surface area is 166 Å². The lowest BCUT2D eigenvalue weighted by Gasteiger charge is -2.16. The van der Waals surface area contributed by atoms with Crippen LogP contribution < -0.4 is 21.3 Å². The van der Waals surface area contributed by atoms with Crippen LogP contribution in [0.2, 0.25) is 0 Å². The molecule has 3 aromatic rings. The monoisotopic (exact) mass is 403 g/mol. The van der Waals surface area contributed by atoms with Crippen molar-refractivity contribution >= 4 is 17.1 Å². The number of benzene rings is 1. The third-order valence-corrected chi connectivity index (χ3v) is 4.54. The van der Waals surface area contributed by atoms with Crippen LogP contribution in [-0.2, 0) is 20.0 Å². The van der Waals surface area contributed by atoms with Crippen LogP contribution in [0.15, 0.2) is 33.9 Å². The molecule has 0 spiro atoms. The normalized spacial score (nSPS) is 12.3. The van der Waals surface area contributed by atoms with E-state index in [1.54, 1.807) is 0 Å². The summed E-state index contributed by atoms with van der Waals surface area (Å²) in [4.78, 5) is 30.8. The van der Waals surface area contributed by atoms with E-state index in [1.807, 2.05) is 31.2 Å². The van der Waals surface area contributed by atoms with Crippen LogP contribution in [0.4, 0.5) is 5.95 Å². The van der Waals surface area contributed by atoms with E-state index < -0.39 is 17.4 Å². The molecule has 0 radical (unpaired) electrons. The summed E-state index contributed by atoms with van der Waals surface area (Å²) >= 11 is 0. The lowest BCUT2D eigenvalue weighted by atomic mass is 10.2. The van der Waals surface area contributed by atoms with Crippen molar-refractivity contribution < 1.29 is 14.9 Å². The number of ether oxygens (including phenoxy) is 1. The maximum atomic E-state index is 12.4. The molecule has 0 saturated heterocycles. The quantitative estimate of drug-likeness (QED) is 0.390. The van der Waals surface area contributed by atoms with Crippen molar-refractivity contribution in [2.24, 2.45) is 7.05 Å². The van der Waals surface area contributed by atoms with Gasteiger partial charge in [-0.25, -0.2) is 4.79 Å². The Bertz CT molecular complexity index is 1100. The molecule has 0 aliphatic carbocycles. The molecular formula is C19H25N5O5. The molecule has 4 N–H and O–H groups in total. The standard InChI is InChI=1S/C19H25N5O5/c1-3-12-5-4-6-14(9-12)29-11-13(26)10-24-15-16(21-18(24)20-7-8-25)23(2)19(28)22-17(15)27/h4-6,9,13,25-26H,3,7-8,10-11H2,1-2H3,(H,20,21)(H,22,27,28)/t13-/m1/s1. The zero-order chi connectivity index (χ0) is 21.0. The highest BCUT2D eigenvalue weighted by Crippen LogP contribution is 2.17. The number of hydrogen-bond donors (Lipinski definition) is 4. The van der Waals surface area contributed by atoms with E-state index in [0.29, 0.717) is 5.75 Å². The minimum Gasteiger partial charge on any atom is -0.491 e. The summed E-state index contributed by atoms with van der Waals surface area (Å²) in [5.41, 5.74) is 0.278. The van der Waals surface area contributed by atoms with Gasteiger partial charge in [-0.1, -0.05) is 19.1 Å². The average molecular weight is 403 g/mol. The largest absolute Gasteiger partial charge is 0.491 e. The lowest BCUT2D eigenvalue weighted by molar-refractivity contribution is 0.0938. The number of aryl methyl sites for hydroxylation is 2. The number of rotatable bonds is 9. The number of aliphatic hydroxyl groups excluding tert-OH is 2. The maximum absolute atomic E-state index is 12.4. The lowest BCUT2D eigenvalue weighted by Crippen LogP contribution is -2.31. The first-order chi connectivity index (χ1) is 13.9. The van der Waals surface area contributed by atoms with Crippen LogP contribution in [0.5, 0.6) is 5.75 Å². The van der Waals surface area contributed by atoms with Crippen molar-refractivity contribution in [1.29, 1.82) is 0 Å². The summed E-state index contributed by atoms with van der Waals surface area (Å²) in [6, 6.07) is 7.61. The number of nitrogens with zero attached hydrogens (tertiary/aromatic N) is 3. The van der Waals surface area contributed by atoms with Gasteiger partial charge in [0.25, 0.3) is 5.56 Å². The van der Waals surface area contributed by atoms with Crippen molar-refractivity contribution in [3.8, 4) is 5.75 Å². The average Bonchev–Trinajstić information content (AvgIpc) is 3.08. The zero-order valence-electron chi connectivity index (χ0n) is 16.4. The van der Waals surface area contributed by atoms with E-state index in [2.05, 4.69) is 15.3 Å². The third kappa shape index (κ3) is 4.49. The van der Waals surface area contributed by atoms with Crippen LogP contribution in [0, 0.1) is 0 Å². The molecule has 10 nitrogen and oxygen atoms in total. The zero-order valence-corrected chi connectivity index (χ0v) is 16.4. The maximum Gasteiger partial charge on any atom is 0.329 e. The number of aromatic amines is 1. The number of anilines is 1. The summed E-state index contributed by atoms with van der Waals surface area (Å²) in [6.07, 6.45) is -0.0636. The number of nitrogens with one attached hydrogen (secondary N) is 2. The molecule has 2 aromatic heterocycles. The Kier molecular flexibility index (Phi) is 6.35. The molecule has 0 aliphatic heterocycles. The number of aromatic nitrogens is 4. The second-order valence-electron chi connectivity index (χ2n) is 6.65. The summed E-state index contributed by atoms with van der Waals surface area (Å²) in [6.45, 7) is 2.13. The van der Waals surface area contributed by atoms with Gasteiger partial charge >= 0.3 is 5.69 Å². The van der Waals surface area contributed by atoms with E-state index in [4.69, 9.17) is 9.84 Å². The second-order valence-corrected chi connectivity index (χ2v) is 6.65. The van der Waals surface area contributed by atoms with Gasteiger partial charge in [0.1, 0.15) is 18.5 Å². The van der Waals surface area contributed by atoms with Crippen LogP contribution in [-0.4, -0.2) is 55.2 Å². The number of imidazole rings is 1. The molecule has 10 heteroatoms. The number of hydrogen-bond acceptors (Lipinski definition) is 7. The van der Waals surface area contributed by atoms with Crippen LogP contribution >= 0.6 is 0 Å². The fourth-order valence-electron chi connectivity index (χ4n) is 3.03. The molecule has 0 aliphatic rings. The van der Waals surface area contributed by atoms with E-state index in [9.17, 15) is 14.7 Å². The van der Waals surface area contributed by atoms with Gasteiger partial charge in [0.05, 0.1) is 13.2 Å². The molecular weight excluding hydrogens is 378 g/mol. The molecule has 0 bridgehead atoms. The molecule has 2 heterocycles. The van der Waals surface area contributed by atoms with Crippen molar-refractivity contribution in [2.75, 3.05) is 25.1 Å². The number of H-pyrrole nitrogens is 1. The smallest absolute Gasteiger partial charge is 0.329 e. The molecule has 0 unspecified atom stereocenters. The van der Waals surface area contributed by atoms with Crippen molar-refractivity contribution in [3.63, 3.8) is 0 Å². The fraction of sp³-hybridized carbons (Fsp3) is 0.421. The van der Waals surface area contributed by atoms with E-state index in [0.717, 1.165) is 12.0 Å². The molecule has 0 fully saturated rings.